The summed E-state index contributed by atoms with van der Waals surface area (Å²) < 4.78 is 34.8. The number of rotatable bonds is 9. The summed E-state index contributed by atoms with van der Waals surface area (Å²) in [6, 6.07) is 14.3. The fourth-order valence-electron chi connectivity index (χ4n) is 2.46. The van der Waals surface area contributed by atoms with Gasteiger partial charge in [-0.2, -0.15) is 8.78 Å². The number of alkyl halides is 2. The van der Waals surface area contributed by atoms with Crippen LogP contribution in [0.25, 0.3) is 0 Å². The maximum Gasteiger partial charge on any atom is 0.387 e. The van der Waals surface area contributed by atoms with Gasteiger partial charge in [-0.25, -0.2) is 0 Å². The number of terminal acetylenes is 1. The second kappa shape index (κ2) is 11.4. The fourth-order valence-corrected chi connectivity index (χ4v) is 2.46. The number of halogens is 2. The number of para-hydroxylation sites is 1. The van der Waals surface area contributed by atoms with Crippen LogP contribution in [0.3, 0.4) is 0 Å². The first-order valence-electron chi connectivity index (χ1n) is 8.75. The quantitative estimate of drug-likeness (QED) is 0.394. The molecule has 0 fully saturated rings. The summed E-state index contributed by atoms with van der Waals surface area (Å²) in [5, 5.41) is 6.28. The molecule has 0 aliphatic rings. The normalized spacial score (nSPS) is 11.0. The van der Waals surface area contributed by atoms with Crippen molar-refractivity contribution in [3.8, 4) is 23.8 Å². The molecule has 7 heteroatoms. The Labute approximate surface area is 163 Å². The van der Waals surface area contributed by atoms with Crippen LogP contribution in [-0.2, 0) is 13.0 Å². The Balaban J connectivity index is 1.80. The molecule has 0 aliphatic carbocycles. The summed E-state index contributed by atoms with van der Waals surface area (Å²) in [5.74, 6) is 3.87. The van der Waals surface area contributed by atoms with E-state index in [1.54, 1.807) is 25.2 Å². The van der Waals surface area contributed by atoms with Crippen LogP contribution in [0, 0.1) is 12.3 Å². The highest BCUT2D eigenvalue weighted by Crippen LogP contribution is 2.19. The molecule has 148 valence electrons. The van der Waals surface area contributed by atoms with Crippen molar-refractivity contribution in [1.82, 2.24) is 10.6 Å². The first-order valence-corrected chi connectivity index (χ1v) is 8.75. The molecule has 0 bridgehead atoms. The van der Waals surface area contributed by atoms with Crippen molar-refractivity contribution in [2.45, 2.75) is 19.6 Å². The molecular weight excluding hydrogens is 364 g/mol. The molecule has 0 atom stereocenters. The van der Waals surface area contributed by atoms with Crippen LogP contribution in [0.5, 0.6) is 11.5 Å². The fraction of sp³-hybridized carbons (Fsp3) is 0.286. The Morgan fingerprint density at radius 1 is 1.14 bits per heavy atom. The highest BCUT2D eigenvalue weighted by atomic mass is 19.3. The van der Waals surface area contributed by atoms with E-state index in [4.69, 9.17) is 11.2 Å². The summed E-state index contributed by atoms with van der Waals surface area (Å²) >= 11 is 0. The van der Waals surface area contributed by atoms with Crippen LogP contribution in [-0.4, -0.2) is 32.8 Å². The van der Waals surface area contributed by atoms with Crippen LogP contribution in [0.1, 0.15) is 11.1 Å². The third-order valence-electron chi connectivity index (χ3n) is 3.81. The van der Waals surface area contributed by atoms with E-state index >= 15 is 0 Å². The Hall–Kier alpha value is -3.27. The minimum Gasteiger partial charge on any atom is -0.481 e. The molecule has 28 heavy (non-hydrogen) atoms. The zero-order valence-electron chi connectivity index (χ0n) is 15.6. The Morgan fingerprint density at radius 3 is 2.57 bits per heavy atom. The van der Waals surface area contributed by atoms with Crippen molar-refractivity contribution in [3.05, 3.63) is 59.7 Å². The smallest absolute Gasteiger partial charge is 0.387 e. The standard InChI is InChI=1S/C21H23F2N3O2/c1-3-14-27-18-10-8-16(9-11-18)12-13-25-21(24-2)26-15-17-6-4-5-7-19(17)28-20(22)23/h1,4-11,20H,12-15H2,2H3,(H2,24,25,26). The highest BCUT2D eigenvalue weighted by Gasteiger charge is 2.09. The van der Waals surface area contributed by atoms with E-state index in [1.165, 1.54) is 6.07 Å². The largest absolute Gasteiger partial charge is 0.481 e. The highest BCUT2D eigenvalue weighted by molar-refractivity contribution is 5.79. The van der Waals surface area contributed by atoms with Gasteiger partial charge in [-0.05, 0) is 30.2 Å². The van der Waals surface area contributed by atoms with Crippen LogP contribution in [0.2, 0.25) is 0 Å². The van der Waals surface area contributed by atoms with Crippen molar-refractivity contribution < 1.29 is 18.3 Å². The van der Waals surface area contributed by atoms with Crippen LogP contribution < -0.4 is 20.1 Å². The number of aliphatic imine (C=N–C) groups is 1. The maximum atomic E-state index is 12.5. The minimum atomic E-state index is -2.86. The molecule has 2 aromatic rings. The molecule has 0 saturated carbocycles. The van der Waals surface area contributed by atoms with Gasteiger partial charge in [-0.1, -0.05) is 36.3 Å². The van der Waals surface area contributed by atoms with Gasteiger partial charge in [0, 0.05) is 25.7 Å². The van der Waals surface area contributed by atoms with Crippen LogP contribution in [0.15, 0.2) is 53.5 Å². The van der Waals surface area contributed by atoms with Crippen LogP contribution >= 0.6 is 0 Å². The summed E-state index contributed by atoms with van der Waals surface area (Å²) in [5.41, 5.74) is 1.75. The van der Waals surface area contributed by atoms with Gasteiger partial charge >= 0.3 is 6.61 Å². The molecule has 2 N–H and O–H groups in total. The molecule has 0 spiro atoms. The van der Waals surface area contributed by atoms with Gasteiger partial charge in [-0.15, -0.1) is 6.42 Å². The predicted molar refractivity (Wildman–Crippen MR) is 106 cm³/mol. The van der Waals surface area contributed by atoms with E-state index in [0.717, 1.165) is 17.7 Å². The number of benzene rings is 2. The lowest BCUT2D eigenvalue weighted by molar-refractivity contribution is -0.0504. The molecule has 0 amide bonds. The number of nitrogens with zero attached hydrogens (tertiary/aromatic N) is 1. The molecule has 2 aromatic carbocycles. The van der Waals surface area contributed by atoms with Crippen LogP contribution in [0.4, 0.5) is 8.78 Å². The Morgan fingerprint density at radius 2 is 1.89 bits per heavy atom. The second-order valence-corrected chi connectivity index (χ2v) is 5.73. The van der Waals surface area contributed by atoms with E-state index in [0.29, 0.717) is 24.6 Å². The molecule has 0 unspecified atom stereocenters. The van der Waals surface area contributed by atoms with Gasteiger partial charge in [0.2, 0.25) is 0 Å². The molecule has 0 radical (unpaired) electrons. The summed E-state index contributed by atoms with van der Waals surface area (Å²) in [4.78, 5) is 4.14. The van der Waals surface area contributed by atoms with Crippen molar-refractivity contribution in [3.63, 3.8) is 0 Å². The number of ether oxygens (including phenoxy) is 2. The predicted octanol–water partition coefficient (Wildman–Crippen LogP) is 3.21. The molecule has 2 rings (SSSR count). The van der Waals surface area contributed by atoms with E-state index in [1.807, 2.05) is 24.3 Å². The van der Waals surface area contributed by atoms with Gasteiger partial charge in [0.05, 0.1) is 0 Å². The third kappa shape index (κ3) is 7.16. The summed E-state index contributed by atoms with van der Waals surface area (Å²) in [7, 11) is 1.65. The number of hydrogen-bond donors (Lipinski definition) is 2. The van der Waals surface area contributed by atoms with Crippen molar-refractivity contribution in [2.75, 3.05) is 20.2 Å². The second-order valence-electron chi connectivity index (χ2n) is 5.73. The Bertz CT molecular complexity index is 802. The first kappa shape index (κ1) is 21.0. The lowest BCUT2D eigenvalue weighted by atomic mass is 10.1. The van der Waals surface area contributed by atoms with Gasteiger partial charge in [0.15, 0.2) is 5.96 Å². The number of guanidine groups is 1. The average Bonchev–Trinajstić information content (AvgIpc) is 2.70. The van der Waals surface area contributed by atoms with Crippen molar-refractivity contribution >= 4 is 5.96 Å². The number of hydrogen-bond acceptors (Lipinski definition) is 3. The monoisotopic (exact) mass is 387 g/mol. The van der Waals surface area contributed by atoms with E-state index < -0.39 is 6.61 Å². The SMILES string of the molecule is C#CCOc1ccc(CCNC(=NC)NCc2ccccc2OC(F)F)cc1. The summed E-state index contributed by atoms with van der Waals surface area (Å²) in [6.45, 7) is -1.65. The maximum absolute atomic E-state index is 12.5. The molecule has 5 nitrogen and oxygen atoms in total. The lowest BCUT2D eigenvalue weighted by Crippen LogP contribution is -2.37. The lowest BCUT2D eigenvalue weighted by Gasteiger charge is -2.14. The zero-order chi connectivity index (χ0) is 20.2. The van der Waals surface area contributed by atoms with Crippen molar-refractivity contribution in [1.29, 1.82) is 0 Å². The van der Waals surface area contributed by atoms with E-state index in [2.05, 4.69) is 26.3 Å². The average molecular weight is 387 g/mol. The zero-order valence-corrected chi connectivity index (χ0v) is 15.6. The first-order chi connectivity index (χ1) is 13.6. The molecule has 0 aliphatic heterocycles. The van der Waals surface area contributed by atoms with Gasteiger partial charge in [-0.3, -0.25) is 4.99 Å². The van der Waals surface area contributed by atoms with E-state index in [9.17, 15) is 8.78 Å². The molecule has 0 heterocycles. The van der Waals surface area contributed by atoms with Crippen molar-refractivity contribution in [2.24, 2.45) is 4.99 Å². The number of nitrogens with one attached hydrogen (secondary N) is 2. The molecular formula is C21H23F2N3O2. The Kier molecular flexibility index (Phi) is 8.60. The summed E-state index contributed by atoms with van der Waals surface area (Å²) in [6.07, 6.45) is 5.94. The van der Waals surface area contributed by atoms with E-state index in [-0.39, 0.29) is 12.4 Å². The van der Waals surface area contributed by atoms with Gasteiger partial charge < -0.3 is 20.1 Å². The topological polar surface area (TPSA) is 54.9 Å². The third-order valence-corrected chi connectivity index (χ3v) is 3.81. The van der Waals surface area contributed by atoms with Gasteiger partial charge in [0.1, 0.15) is 18.1 Å². The molecule has 0 saturated heterocycles. The minimum absolute atomic E-state index is 0.146. The molecule has 0 aromatic heterocycles. The van der Waals surface area contributed by atoms with Gasteiger partial charge in [0.25, 0.3) is 0 Å².